The Balaban J connectivity index is 1.98. The molecule has 2 N–H and O–H groups in total. The van der Waals surface area contributed by atoms with Crippen molar-refractivity contribution in [1.29, 1.82) is 0 Å². The van der Waals surface area contributed by atoms with Crippen LogP contribution >= 0.6 is 0 Å². The number of fused-ring (bicyclic) bond motifs is 4. The van der Waals surface area contributed by atoms with E-state index < -0.39 is 11.4 Å². The van der Waals surface area contributed by atoms with Gasteiger partial charge in [0.25, 0.3) is 0 Å². The van der Waals surface area contributed by atoms with E-state index in [-0.39, 0.29) is 39.9 Å². The summed E-state index contributed by atoms with van der Waals surface area (Å²) in [5.74, 6) is 0.888. The van der Waals surface area contributed by atoms with Gasteiger partial charge >= 0.3 is 0 Å². The molecule has 0 amide bonds. The number of benzene rings is 1. The largest absolute Gasteiger partial charge is 0.507 e. The molecule has 0 radical (unpaired) electrons. The molecule has 0 aromatic heterocycles. The molecule has 1 saturated carbocycles. The molecule has 0 bridgehead atoms. The Hall–Kier alpha value is -2.30. The van der Waals surface area contributed by atoms with Crippen LogP contribution in [0.3, 0.4) is 0 Å². The second kappa shape index (κ2) is 8.18. The van der Waals surface area contributed by atoms with Gasteiger partial charge in [0.15, 0.2) is 12.6 Å². The smallest absolute Gasteiger partial charge is 0.157 e. The van der Waals surface area contributed by atoms with Crippen molar-refractivity contribution in [2.24, 2.45) is 29.1 Å². The number of carbonyl (C=O) groups excluding carboxylic acids is 2. The maximum absolute atomic E-state index is 12.1. The van der Waals surface area contributed by atoms with Crippen LogP contribution in [-0.4, -0.2) is 28.4 Å². The maximum Gasteiger partial charge on any atom is 0.157 e. The van der Waals surface area contributed by atoms with Gasteiger partial charge in [0.2, 0.25) is 0 Å². The predicted molar refractivity (Wildman–Crippen MR) is 128 cm³/mol. The second-order valence-corrected chi connectivity index (χ2v) is 11.8. The Morgan fingerprint density at radius 1 is 1.09 bits per heavy atom. The number of carbonyl (C=O) groups is 2. The minimum absolute atomic E-state index is 0.0336. The van der Waals surface area contributed by atoms with E-state index in [0.717, 1.165) is 32.1 Å². The van der Waals surface area contributed by atoms with Gasteiger partial charge in [-0.1, -0.05) is 39.3 Å². The SMILES string of the molecule is C/C1=C\CC[C@@]2(C)Oc3c(C=O)c(O)c(C=O)c(O)c3[C@@H](CC(C)C)[C@@H]2[C@@H]2[C@@H](CC1)C2(C)C. The van der Waals surface area contributed by atoms with E-state index in [1.165, 1.54) is 5.57 Å². The van der Waals surface area contributed by atoms with Gasteiger partial charge in [0, 0.05) is 11.5 Å². The summed E-state index contributed by atoms with van der Waals surface area (Å²) in [5, 5.41) is 21.8. The molecule has 1 aromatic rings. The standard InChI is InChI=1S/C28H38O5/c1-15(2)12-17-21-25(32)18(13-29)24(31)19(14-30)26(21)33-28(6)11-7-8-16(3)9-10-20-23(22(17)28)27(20,4)5/h8,13-15,17,20,22-23,31-32H,7,9-12H2,1-6H3/b16-8+/t17-,20-,22-,23+,28-/m1/s1. The highest BCUT2D eigenvalue weighted by atomic mass is 16.5. The third-order valence-corrected chi connectivity index (χ3v) is 8.82. The molecule has 0 saturated heterocycles. The molecule has 5 nitrogen and oxygen atoms in total. The Bertz CT molecular complexity index is 1000. The number of hydrogen-bond donors (Lipinski definition) is 2. The van der Waals surface area contributed by atoms with Gasteiger partial charge in [-0.2, -0.15) is 0 Å². The fourth-order valence-electron chi connectivity index (χ4n) is 7.11. The normalized spacial score (nSPS) is 34.1. The first-order valence-electron chi connectivity index (χ1n) is 12.3. The Kier molecular flexibility index (Phi) is 5.91. The zero-order chi connectivity index (χ0) is 24.3. The monoisotopic (exact) mass is 454 g/mol. The van der Waals surface area contributed by atoms with Gasteiger partial charge in [-0.3, -0.25) is 9.59 Å². The van der Waals surface area contributed by atoms with Crippen LogP contribution in [-0.2, 0) is 0 Å². The molecule has 5 heteroatoms. The van der Waals surface area contributed by atoms with Gasteiger partial charge in [-0.05, 0) is 75.0 Å². The summed E-state index contributed by atoms with van der Waals surface area (Å²) in [5.41, 5.74) is 1.28. The van der Waals surface area contributed by atoms with Gasteiger partial charge in [-0.25, -0.2) is 0 Å². The molecular formula is C28H38O5. The van der Waals surface area contributed by atoms with E-state index >= 15 is 0 Å². The van der Waals surface area contributed by atoms with Crippen LogP contribution in [0, 0.1) is 29.1 Å². The van der Waals surface area contributed by atoms with Gasteiger partial charge in [0.05, 0.1) is 11.1 Å². The molecule has 2 aliphatic carbocycles. The Morgan fingerprint density at radius 2 is 1.76 bits per heavy atom. The number of aromatic hydroxyl groups is 2. The summed E-state index contributed by atoms with van der Waals surface area (Å²) in [6, 6.07) is 0. The summed E-state index contributed by atoms with van der Waals surface area (Å²) >= 11 is 0. The lowest BCUT2D eigenvalue weighted by molar-refractivity contribution is -0.0348. The van der Waals surface area contributed by atoms with Crippen molar-refractivity contribution in [2.45, 2.75) is 85.2 Å². The Morgan fingerprint density at radius 3 is 2.36 bits per heavy atom. The van der Waals surface area contributed by atoms with E-state index in [2.05, 4.69) is 47.6 Å². The zero-order valence-electron chi connectivity index (χ0n) is 20.8. The van der Waals surface area contributed by atoms with Crippen molar-refractivity contribution < 1.29 is 24.5 Å². The number of hydrogen-bond acceptors (Lipinski definition) is 5. The van der Waals surface area contributed by atoms with E-state index in [1.54, 1.807) is 0 Å². The number of ether oxygens (including phenoxy) is 1. The first kappa shape index (κ1) is 23.8. The lowest BCUT2D eigenvalue weighted by atomic mass is 9.64. The zero-order valence-corrected chi connectivity index (χ0v) is 20.8. The Labute approximate surface area is 197 Å². The summed E-state index contributed by atoms with van der Waals surface area (Å²) in [6.07, 6.45) is 7.99. The molecule has 33 heavy (non-hydrogen) atoms. The number of allylic oxidation sites excluding steroid dienone is 2. The third-order valence-electron chi connectivity index (χ3n) is 8.82. The van der Waals surface area contributed by atoms with Crippen LogP contribution in [0.5, 0.6) is 17.2 Å². The molecule has 1 heterocycles. The van der Waals surface area contributed by atoms with E-state index in [4.69, 9.17) is 4.74 Å². The minimum Gasteiger partial charge on any atom is -0.507 e. The van der Waals surface area contributed by atoms with Crippen molar-refractivity contribution in [3.63, 3.8) is 0 Å². The van der Waals surface area contributed by atoms with Crippen LogP contribution in [0.2, 0.25) is 0 Å². The first-order valence-corrected chi connectivity index (χ1v) is 12.3. The fourth-order valence-corrected chi connectivity index (χ4v) is 7.11. The molecule has 1 fully saturated rings. The molecule has 180 valence electrons. The molecule has 1 aromatic carbocycles. The number of rotatable bonds is 4. The molecule has 0 unspecified atom stereocenters. The van der Waals surface area contributed by atoms with Crippen LogP contribution in [0.1, 0.15) is 106 Å². The first-order chi connectivity index (χ1) is 15.5. The van der Waals surface area contributed by atoms with Crippen LogP contribution in [0.4, 0.5) is 0 Å². The molecule has 5 atom stereocenters. The fraction of sp³-hybridized carbons (Fsp3) is 0.643. The summed E-state index contributed by atoms with van der Waals surface area (Å²) < 4.78 is 6.68. The average molecular weight is 455 g/mol. The second-order valence-electron chi connectivity index (χ2n) is 11.8. The van der Waals surface area contributed by atoms with Crippen LogP contribution in [0.15, 0.2) is 11.6 Å². The van der Waals surface area contributed by atoms with E-state index in [0.29, 0.717) is 35.9 Å². The lowest BCUT2D eigenvalue weighted by Crippen LogP contribution is -2.49. The highest BCUT2D eigenvalue weighted by molar-refractivity contribution is 5.95. The van der Waals surface area contributed by atoms with E-state index in [1.807, 2.05) is 0 Å². The highest BCUT2D eigenvalue weighted by Crippen LogP contribution is 2.71. The van der Waals surface area contributed by atoms with Crippen LogP contribution in [0.25, 0.3) is 0 Å². The average Bonchev–Trinajstić information content (AvgIpc) is 3.25. The molecule has 1 aliphatic heterocycles. The van der Waals surface area contributed by atoms with Crippen molar-refractivity contribution in [3.05, 3.63) is 28.3 Å². The summed E-state index contributed by atoms with van der Waals surface area (Å²) in [7, 11) is 0. The van der Waals surface area contributed by atoms with Crippen molar-refractivity contribution >= 4 is 12.6 Å². The minimum atomic E-state index is -0.559. The third kappa shape index (κ3) is 3.68. The summed E-state index contributed by atoms with van der Waals surface area (Å²) in [4.78, 5) is 23.9. The molecule has 0 spiro atoms. The van der Waals surface area contributed by atoms with Gasteiger partial charge in [0.1, 0.15) is 22.8 Å². The van der Waals surface area contributed by atoms with Crippen LogP contribution < -0.4 is 4.74 Å². The van der Waals surface area contributed by atoms with Gasteiger partial charge in [-0.15, -0.1) is 0 Å². The maximum atomic E-state index is 12.1. The number of phenolic OH excluding ortho intramolecular Hbond substituents is 2. The van der Waals surface area contributed by atoms with Crippen molar-refractivity contribution in [3.8, 4) is 17.2 Å². The quantitative estimate of drug-likeness (QED) is 0.405. The topological polar surface area (TPSA) is 83.8 Å². The predicted octanol–water partition coefficient (Wildman–Crippen LogP) is 6.41. The molecule has 3 aliphatic rings. The van der Waals surface area contributed by atoms with E-state index in [9.17, 15) is 19.8 Å². The molecular weight excluding hydrogens is 416 g/mol. The number of phenols is 2. The summed E-state index contributed by atoms with van der Waals surface area (Å²) in [6.45, 7) is 13.3. The lowest BCUT2D eigenvalue weighted by Gasteiger charge is -2.49. The number of aldehydes is 2. The highest BCUT2D eigenvalue weighted by Gasteiger charge is 2.66. The molecule has 4 rings (SSSR count). The van der Waals surface area contributed by atoms with Crippen molar-refractivity contribution in [1.82, 2.24) is 0 Å². The van der Waals surface area contributed by atoms with Crippen molar-refractivity contribution in [2.75, 3.05) is 0 Å². The van der Waals surface area contributed by atoms with Gasteiger partial charge < -0.3 is 14.9 Å².